The molecule has 0 aromatic heterocycles. The summed E-state index contributed by atoms with van der Waals surface area (Å²) < 4.78 is 54.6. The van der Waals surface area contributed by atoms with E-state index in [0.29, 0.717) is 132 Å². The van der Waals surface area contributed by atoms with Crippen molar-refractivity contribution in [2.75, 3.05) is 131 Å². The highest BCUT2D eigenvalue weighted by Crippen LogP contribution is 2.32. The number of fused-ring (bicyclic) bond motifs is 1. The maximum absolute atomic E-state index is 13.2. The second-order valence-corrected chi connectivity index (χ2v) is 14.6. The molecule has 1 atom stereocenters. The number of imide groups is 2. The van der Waals surface area contributed by atoms with Gasteiger partial charge in [0.2, 0.25) is 17.7 Å². The second-order valence-electron chi connectivity index (χ2n) is 14.6. The predicted octanol–water partition coefficient (Wildman–Crippen LogP) is 3.25. The zero-order chi connectivity index (χ0) is 45.2. The molecule has 19 nitrogen and oxygen atoms in total. The third-order valence-electron chi connectivity index (χ3n) is 9.64. The molecule has 2 N–H and O–H groups in total. The van der Waals surface area contributed by atoms with Gasteiger partial charge in [0.15, 0.2) is 0 Å². The number of hydrogen-bond donors (Lipinski definition) is 2. The van der Waals surface area contributed by atoms with Crippen LogP contribution < -0.4 is 10.6 Å². The number of benzene rings is 1. The number of hydrogen-bond acceptors (Lipinski definition) is 16. The number of rotatable bonds is 40. The van der Waals surface area contributed by atoms with E-state index in [1.165, 1.54) is 6.07 Å². The van der Waals surface area contributed by atoms with Gasteiger partial charge in [-0.2, -0.15) is 0 Å². The van der Waals surface area contributed by atoms with E-state index in [-0.39, 0.29) is 54.6 Å². The topological polar surface area (TPSA) is 222 Å². The average molecular weight is 896 g/mol. The van der Waals surface area contributed by atoms with Crippen molar-refractivity contribution in [3.05, 3.63) is 29.3 Å². The normalized spacial score (nSPS) is 14.9. The van der Waals surface area contributed by atoms with E-state index in [0.717, 1.165) is 43.4 Å². The van der Waals surface area contributed by atoms with Gasteiger partial charge in [0.05, 0.1) is 129 Å². The van der Waals surface area contributed by atoms with Crippen LogP contribution in [0.3, 0.4) is 0 Å². The lowest BCUT2D eigenvalue weighted by Gasteiger charge is -2.27. The summed E-state index contributed by atoms with van der Waals surface area (Å²) in [4.78, 5) is 75.2. The van der Waals surface area contributed by atoms with Gasteiger partial charge in [0.25, 0.3) is 11.8 Å². The number of ether oxygens (including phenoxy) is 10. The van der Waals surface area contributed by atoms with Crippen molar-refractivity contribution >= 4 is 41.2 Å². The fraction of sp³-hybridized carbons (Fsp3) is 0.727. The van der Waals surface area contributed by atoms with Gasteiger partial charge < -0.3 is 52.7 Å². The Morgan fingerprint density at radius 2 is 1.06 bits per heavy atom. The number of nitrogens with zero attached hydrogens (tertiary/aromatic N) is 1. The monoisotopic (exact) mass is 895 g/mol. The van der Waals surface area contributed by atoms with Gasteiger partial charge >= 0.3 is 5.97 Å². The molecule has 5 amide bonds. The Hall–Kier alpha value is -3.92. The first-order chi connectivity index (χ1) is 30.8. The van der Waals surface area contributed by atoms with E-state index >= 15 is 0 Å². The first-order valence-corrected chi connectivity index (χ1v) is 22.3. The van der Waals surface area contributed by atoms with Gasteiger partial charge in [-0.25, -0.2) is 0 Å². The molecule has 0 saturated carbocycles. The lowest BCUT2D eigenvalue weighted by molar-refractivity contribution is -0.145. The highest BCUT2D eigenvalue weighted by atomic mass is 16.6. The molecular weight excluding hydrogens is 826 g/mol. The zero-order valence-corrected chi connectivity index (χ0v) is 37.0. The minimum Gasteiger partial charge on any atom is -0.463 e. The summed E-state index contributed by atoms with van der Waals surface area (Å²) in [5.74, 6) is -2.89. The number of carbonyl (C=O) groups is 6. The fourth-order valence-corrected chi connectivity index (χ4v) is 6.34. The zero-order valence-electron chi connectivity index (χ0n) is 37.0. The van der Waals surface area contributed by atoms with Gasteiger partial charge in [-0.15, -0.1) is 0 Å². The fourth-order valence-electron chi connectivity index (χ4n) is 6.34. The van der Waals surface area contributed by atoms with Crippen molar-refractivity contribution in [1.29, 1.82) is 0 Å². The Kier molecular flexibility index (Phi) is 29.2. The van der Waals surface area contributed by atoms with E-state index in [1.54, 1.807) is 12.1 Å². The number of nitrogens with one attached hydrogen (secondary N) is 2. The molecule has 2 aliphatic rings. The third kappa shape index (κ3) is 23.0. The van der Waals surface area contributed by atoms with Crippen LogP contribution in [0.2, 0.25) is 0 Å². The predicted molar refractivity (Wildman–Crippen MR) is 227 cm³/mol. The molecule has 0 aliphatic carbocycles. The van der Waals surface area contributed by atoms with Crippen LogP contribution in [0, 0.1) is 0 Å². The highest BCUT2D eigenvalue weighted by molar-refractivity contribution is 6.26. The second kappa shape index (κ2) is 34.5. The van der Waals surface area contributed by atoms with Crippen molar-refractivity contribution in [3.8, 4) is 0 Å². The molecule has 19 heteroatoms. The van der Waals surface area contributed by atoms with E-state index in [1.807, 2.05) is 0 Å². The number of esters is 1. The molecule has 1 aromatic carbocycles. The molecule has 356 valence electrons. The lowest BCUT2D eigenvalue weighted by atomic mass is 10.0. The Labute approximate surface area is 370 Å². The molecule has 1 aromatic rings. The van der Waals surface area contributed by atoms with Crippen LogP contribution in [0.1, 0.15) is 98.3 Å². The Bertz CT molecular complexity index is 1500. The van der Waals surface area contributed by atoms with E-state index in [4.69, 9.17) is 47.4 Å². The van der Waals surface area contributed by atoms with Gasteiger partial charge in [0, 0.05) is 25.9 Å². The summed E-state index contributed by atoms with van der Waals surface area (Å²) in [7, 11) is 0. The van der Waals surface area contributed by atoms with Crippen LogP contribution in [0.5, 0.6) is 0 Å². The number of unbranched alkanes of at least 4 members (excludes halogenated alkanes) is 5. The quantitative estimate of drug-likeness (QED) is 0.0548. The van der Waals surface area contributed by atoms with Gasteiger partial charge in [-0.05, 0) is 37.8 Å². The first kappa shape index (κ1) is 53.4. The number of amides is 5. The van der Waals surface area contributed by atoms with Gasteiger partial charge in [0.1, 0.15) is 12.6 Å². The highest BCUT2D eigenvalue weighted by Gasteiger charge is 2.45. The molecule has 1 saturated heterocycles. The van der Waals surface area contributed by atoms with Crippen LogP contribution >= 0.6 is 0 Å². The summed E-state index contributed by atoms with van der Waals surface area (Å²) in [5, 5.41) is 4.90. The third-order valence-corrected chi connectivity index (χ3v) is 9.64. The SMILES string of the molecule is CCCCCCC(=O)OCCOCCOCCOCCOCCOCCOCCOCCOCCOCCCCCC(=O)Nc1cccc2c1C(=O)N(C1CCC(=O)NC1=O)C2=O. The van der Waals surface area contributed by atoms with Crippen LogP contribution in [0.4, 0.5) is 5.69 Å². The van der Waals surface area contributed by atoms with Crippen molar-refractivity contribution in [1.82, 2.24) is 10.2 Å². The minimum absolute atomic E-state index is 0.0259. The van der Waals surface area contributed by atoms with Crippen molar-refractivity contribution in [2.24, 2.45) is 0 Å². The van der Waals surface area contributed by atoms with E-state index < -0.39 is 29.7 Å². The molecule has 2 aliphatic heterocycles. The smallest absolute Gasteiger partial charge is 0.305 e. The first-order valence-electron chi connectivity index (χ1n) is 22.3. The number of anilines is 1. The van der Waals surface area contributed by atoms with Crippen LogP contribution in [-0.2, 0) is 66.5 Å². The molecule has 0 spiro atoms. The molecule has 3 rings (SSSR count). The van der Waals surface area contributed by atoms with Crippen molar-refractivity contribution in [2.45, 2.75) is 83.6 Å². The van der Waals surface area contributed by atoms with Crippen molar-refractivity contribution < 1.29 is 76.1 Å². The Morgan fingerprint density at radius 3 is 1.57 bits per heavy atom. The molecule has 0 radical (unpaired) electrons. The summed E-state index contributed by atoms with van der Waals surface area (Å²) in [6, 6.07) is 3.52. The minimum atomic E-state index is -1.08. The Balaban J connectivity index is 0.990. The van der Waals surface area contributed by atoms with Gasteiger partial charge in [-0.3, -0.25) is 39.0 Å². The molecule has 1 fully saturated rings. The summed E-state index contributed by atoms with van der Waals surface area (Å²) in [6.07, 6.45) is 7.12. The number of piperidine rings is 1. The van der Waals surface area contributed by atoms with E-state index in [9.17, 15) is 28.8 Å². The van der Waals surface area contributed by atoms with Crippen LogP contribution in [-0.4, -0.2) is 172 Å². The van der Waals surface area contributed by atoms with Gasteiger partial charge in [-0.1, -0.05) is 38.7 Å². The number of carbonyl (C=O) groups excluding carboxylic acids is 6. The van der Waals surface area contributed by atoms with Crippen LogP contribution in [0.15, 0.2) is 18.2 Å². The largest absolute Gasteiger partial charge is 0.463 e. The maximum atomic E-state index is 13.2. The van der Waals surface area contributed by atoms with Crippen molar-refractivity contribution in [3.63, 3.8) is 0 Å². The Morgan fingerprint density at radius 1 is 0.587 bits per heavy atom. The summed E-state index contributed by atoms with van der Waals surface area (Å²) in [6.45, 7) is 10.6. The van der Waals surface area contributed by atoms with E-state index in [2.05, 4.69) is 17.6 Å². The average Bonchev–Trinajstić information content (AvgIpc) is 3.52. The lowest BCUT2D eigenvalue weighted by Crippen LogP contribution is -2.54. The molecular formula is C44H69N3O16. The molecule has 0 bridgehead atoms. The summed E-state index contributed by atoms with van der Waals surface area (Å²) in [5.41, 5.74) is 0.375. The summed E-state index contributed by atoms with van der Waals surface area (Å²) >= 11 is 0. The molecule has 63 heavy (non-hydrogen) atoms. The maximum Gasteiger partial charge on any atom is 0.305 e. The molecule has 2 heterocycles. The standard InChI is InChI=1S/C44H69N3O16/c1-2-3-4-7-13-40(50)63-34-33-62-32-31-61-30-29-60-28-27-59-26-25-58-24-23-57-22-21-56-20-19-55-18-17-54-16-8-5-6-12-38(48)45-36-11-9-10-35-41(36)44(53)47(43(35)52)37-14-15-39(49)46-42(37)51/h9-11,37H,2-8,12-34H2,1H3,(H,45,48)(H,46,49,51). The van der Waals surface area contributed by atoms with Crippen LogP contribution in [0.25, 0.3) is 0 Å². The molecule has 1 unspecified atom stereocenters.